The van der Waals surface area contributed by atoms with Crippen molar-refractivity contribution >= 4 is 44.1 Å². The molecular formula is C27H24N6O3S. The maximum absolute atomic E-state index is 13.2. The average molecular weight is 513 g/mol. The molecule has 1 atom stereocenters. The van der Waals surface area contributed by atoms with Gasteiger partial charge in [-0.1, -0.05) is 60.7 Å². The van der Waals surface area contributed by atoms with E-state index in [9.17, 15) is 14.7 Å². The Morgan fingerprint density at radius 1 is 1.16 bits per heavy atom. The van der Waals surface area contributed by atoms with Crippen molar-refractivity contribution in [3.05, 3.63) is 81.0 Å². The number of aromatic hydroxyl groups is 1. The Kier molecular flexibility index (Phi) is 5.88. The predicted octanol–water partition coefficient (Wildman–Crippen LogP) is 5.00. The monoisotopic (exact) mass is 512 g/mol. The third kappa shape index (κ3) is 4.23. The lowest BCUT2D eigenvalue weighted by Gasteiger charge is -2.17. The number of para-hydroxylation sites is 1. The normalized spacial score (nSPS) is 15.5. The van der Waals surface area contributed by atoms with Crippen LogP contribution in [0.4, 0.5) is 5.69 Å². The molecule has 37 heavy (non-hydrogen) atoms. The Morgan fingerprint density at radius 3 is 2.78 bits per heavy atom. The minimum Gasteiger partial charge on any atom is -0.493 e. The van der Waals surface area contributed by atoms with Gasteiger partial charge in [-0.3, -0.25) is 9.59 Å². The summed E-state index contributed by atoms with van der Waals surface area (Å²) in [6.45, 7) is 2.26. The number of fused-ring (bicyclic) bond motifs is 4. The summed E-state index contributed by atoms with van der Waals surface area (Å²) in [6.07, 6.45) is 2.79. The maximum atomic E-state index is 13.2. The van der Waals surface area contributed by atoms with E-state index in [-0.39, 0.29) is 23.7 Å². The molecule has 1 amide bonds. The number of hydrogen-bond acceptors (Lipinski definition) is 7. The van der Waals surface area contributed by atoms with Crippen LogP contribution in [0.3, 0.4) is 0 Å². The van der Waals surface area contributed by atoms with Crippen LogP contribution in [0.1, 0.15) is 29.3 Å². The molecule has 1 N–H and O–H groups in total. The second kappa shape index (κ2) is 9.36. The predicted molar refractivity (Wildman–Crippen MR) is 142 cm³/mol. The molecule has 6 rings (SSSR count). The van der Waals surface area contributed by atoms with Crippen LogP contribution in [0, 0.1) is 5.92 Å². The van der Waals surface area contributed by atoms with Crippen LogP contribution < -0.4 is 5.56 Å². The number of carbonyl (C=O) groups excluding carboxylic acids is 1. The van der Waals surface area contributed by atoms with Crippen LogP contribution in [-0.2, 0) is 30.7 Å². The summed E-state index contributed by atoms with van der Waals surface area (Å²) in [5.74, 6) is -0.167. The fourth-order valence-electron chi connectivity index (χ4n) is 4.96. The van der Waals surface area contributed by atoms with Crippen LogP contribution in [-0.4, -0.2) is 30.6 Å². The minimum atomic E-state index is -0.659. The van der Waals surface area contributed by atoms with Gasteiger partial charge in [-0.15, -0.1) is 26.7 Å². The van der Waals surface area contributed by atoms with Gasteiger partial charge in [0.25, 0.3) is 11.5 Å². The first-order chi connectivity index (χ1) is 18.0. The van der Waals surface area contributed by atoms with E-state index < -0.39 is 5.91 Å². The smallest absolute Gasteiger partial charge is 0.286 e. The third-order valence-corrected chi connectivity index (χ3v) is 7.97. The van der Waals surface area contributed by atoms with Gasteiger partial charge in [0.05, 0.1) is 17.4 Å². The molecular weight excluding hydrogens is 488 g/mol. The van der Waals surface area contributed by atoms with E-state index >= 15 is 0 Å². The van der Waals surface area contributed by atoms with Crippen LogP contribution in [0.2, 0.25) is 0 Å². The Balaban J connectivity index is 1.29. The third-order valence-electron chi connectivity index (χ3n) is 6.83. The number of rotatable bonds is 5. The van der Waals surface area contributed by atoms with E-state index in [1.54, 1.807) is 4.57 Å². The molecule has 2 aromatic carbocycles. The summed E-state index contributed by atoms with van der Waals surface area (Å²) in [5.41, 5.74) is 2.69. The van der Waals surface area contributed by atoms with Crippen molar-refractivity contribution in [1.82, 2.24) is 19.6 Å². The molecule has 0 bridgehead atoms. The van der Waals surface area contributed by atoms with E-state index in [0.29, 0.717) is 28.1 Å². The molecule has 0 fully saturated rings. The average Bonchev–Trinajstić information content (AvgIpc) is 3.40. The van der Waals surface area contributed by atoms with Gasteiger partial charge >= 0.3 is 0 Å². The number of amides is 1. The van der Waals surface area contributed by atoms with Gasteiger partial charge < -0.3 is 9.67 Å². The molecule has 1 aliphatic rings. The van der Waals surface area contributed by atoms with E-state index in [4.69, 9.17) is 0 Å². The molecule has 0 aliphatic heterocycles. The summed E-state index contributed by atoms with van der Waals surface area (Å²) in [4.78, 5) is 27.7. The molecule has 9 nitrogen and oxygen atoms in total. The van der Waals surface area contributed by atoms with Crippen LogP contribution >= 0.6 is 11.3 Å². The number of azo groups is 1. The van der Waals surface area contributed by atoms with Gasteiger partial charge in [0.1, 0.15) is 6.54 Å². The van der Waals surface area contributed by atoms with Crippen molar-refractivity contribution in [2.24, 2.45) is 16.1 Å². The maximum Gasteiger partial charge on any atom is 0.286 e. The fraction of sp³-hybridized carbons (Fsp3) is 0.259. The fourth-order valence-corrected chi connectivity index (χ4v) is 6.28. The zero-order chi connectivity index (χ0) is 25.5. The van der Waals surface area contributed by atoms with Gasteiger partial charge in [-0.05, 0) is 42.4 Å². The standard InChI is InChI=1S/C27H24N6O3S/c1-16-11-12-19-21(13-16)37-25-23(19)26(35)33(31-30-25)15-22(34)28-29-24-18-9-5-6-10-20(18)32(27(24)36)14-17-7-3-2-4-8-17/h2-10,16,36H,11-15H2,1H3. The Morgan fingerprint density at radius 2 is 1.95 bits per heavy atom. The zero-order valence-corrected chi connectivity index (χ0v) is 21.0. The number of aromatic nitrogens is 4. The first-order valence-corrected chi connectivity index (χ1v) is 13.0. The summed E-state index contributed by atoms with van der Waals surface area (Å²) in [7, 11) is 0. The summed E-state index contributed by atoms with van der Waals surface area (Å²) < 4.78 is 2.78. The molecule has 3 aromatic heterocycles. The van der Waals surface area contributed by atoms with Gasteiger partial charge in [0.15, 0.2) is 10.5 Å². The molecule has 5 aromatic rings. The number of aryl methyl sites for hydroxylation is 1. The van der Waals surface area contributed by atoms with Crippen molar-refractivity contribution in [2.45, 2.75) is 39.3 Å². The topological polar surface area (TPSA) is 115 Å². The Bertz CT molecular complexity index is 1730. The van der Waals surface area contributed by atoms with Gasteiger partial charge in [-0.2, -0.15) is 0 Å². The van der Waals surface area contributed by atoms with E-state index in [2.05, 4.69) is 27.5 Å². The number of thiophene rings is 1. The second-order valence-corrected chi connectivity index (χ2v) is 10.5. The lowest BCUT2D eigenvalue weighted by atomic mass is 9.89. The lowest BCUT2D eigenvalue weighted by molar-refractivity contribution is -0.119. The van der Waals surface area contributed by atoms with E-state index in [1.165, 1.54) is 16.2 Å². The van der Waals surface area contributed by atoms with Crippen molar-refractivity contribution in [2.75, 3.05) is 0 Å². The summed E-state index contributed by atoms with van der Waals surface area (Å²) >= 11 is 1.51. The van der Waals surface area contributed by atoms with Crippen molar-refractivity contribution in [1.29, 1.82) is 0 Å². The van der Waals surface area contributed by atoms with Crippen molar-refractivity contribution in [3.8, 4) is 5.88 Å². The van der Waals surface area contributed by atoms with Crippen LogP contribution in [0.5, 0.6) is 5.88 Å². The zero-order valence-electron chi connectivity index (χ0n) is 20.2. The minimum absolute atomic E-state index is 0.0842. The number of carbonyl (C=O) groups is 1. The Hall–Kier alpha value is -4.18. The highest BCUT2D eigenvalue weighted by atomic mass is 32.1. The van der Waals surface area contributed by atoms with Crippen molar-refractivity contribution in [3.63, 3.8) is 0 Å². The quantitative estimate of drug-likeness (QED) is 0.333. The molecule has 0 saturated heterocycles. The van der Waals surface area contributed by atoms with Crippen LogP contribution in [0.25, 0.3) is 21.1 Å². The van der Waals surface area contributed by atoms with Gasteiger partial charge in [0, 0.05) is 10.3 Å². The molecule has 3 heterocycles. The second-order valence-electron chi connectivity index (χ2n) is 9.44. The molecule has 1 unspecified atom stereocenters. The Labute approximate surface area is 215 Å². The lowest BCUT2D eigenvalue weighted by Crippen LogP contribution is -2.27. The SMILES string of the molecule is CC1CCc2c(sc3nnn(CC(=O)N=Nc4c(O)n(Cc5ccccc5)c5ccccc45)c(=O)c23)C1. The number of benzene rings is 2. The summed E-state index contributed by atoms with van der Waals surface area (Å²) in [6, 6.07) is 17.2. The van der Waals surface area contributed by atoms with Crippen LogP contribution in [0.15, 0.2) is 69.6 Å². The van der Waals surface area contributed by atoms with Crippen molar-refractivity contribution < 1.29 is 9.90 Å². The highest BCUT2D eigenvalue weighted by molar-refractivity contribution is 7.18. The molecule has 10 heteroatoms. The molecule has 0 radical (unpaired) electrons. The number of nitrogens with zero attached hydrogens (tertiary/aromatic N) is 6. The highest BCUT2D eigenvalue weighted by Crippen LogP contribution is 2.39. The van der Waals surface area contributed by atoms with E-state index in [1.807, 2.05) is 54.6 Å². The summed E-state index contributed by atoms with van der Waals surface area (Å²) in [5, 5.41) is 28.3. The first kappa shape index (κ1) is 23.2. The molecule has 0 spiro atoms. The molecule has 0 saturated carbocycles. The number of hydrogen-bond donors (Lipinski definition) is 1. The molecule has 186 valence electrons. The van der Waals surface area contributed by atoms with Gasteiger partial charge in [0.2, 0.25) is 5.88 Å². The van der Waals surface area contributed by atoms with Gasteiger partial charge in [-0.25, -0.2) is 4.68 Å². The first-order valence-electron chi connectivity index (χ1n) is 12.2. The largest absolute Gasteiger partial charge is 0.493 e. The molecule has 1 aliphatic carbocycles. The highest BCUT2D eigenvalue weighted by Gasteiger charge is 2.24. The van der Waals surface area contributed by atoms with E-state index in [0.717, 1.165) is 40.6 Å².